The van der Waals surface area contributed by atoms with Crippen molar-refractivity contribution in [3.63, 3.8) is 0 Å². The van der Waals surface area contributed by atoms with E-state index in [1.807, 2.05) is 38.1 Å². The molecule has 2 aromatic heterocycles. The van der Waals surface area contributed by atoms with Gasteiger partial charge in [-0.1, -0.05) is 17.3 Å². The van der Waals surface area contributed by atoms with Crippen molar-refractivity contribution in [2.45, 2.75) is 33.3 Å². The van der Waals surface area contributed by atoms with Gasteiger partial charge < -0.3 is 14.6 Å². The summed E-state index contributed by atoms with van der Waals surface area (Å²) in [5, 5.41) is 13.8. The maximum absolute atomic E-state index is 12.3. The van der Waals surface area contributed by atoms with Gasteiger partial charge in [-0.2, -0.15) is 5.10 Å². The highest BCUT2D eigenvalue weighted by atomic mass is 16.5. The molecule has 26 heavy (non-hydrogen) atoms. The molecule has 1 amide bonds. The van der Waals surface area contributed by atoms with Gasteiger partial charge >= 0.3 is 0 Å². The number of hydrogen-bond acceptors (Lipinski definition) is 6. The Morgan fingerprint density at radius 2 is 2.19 bits per heavy atom. The molecule has 0 saturated carbocycles. The second-order valence-electron chi connectivity index (χ2n) is 5.97. The smallest absolute Gasteiger partial charge is 0.224 e. The van der Waals surface area contributed by atoms with E-state index >= 15 is 0 Å². The highest BCUT2D eigenvalue weighted by molar-refractivity contribution is 5.91. The second kappa shape index (κ2) is 7.92. The zero-order valence-corrected chi connectivity index (χ0v) is 15.0. The zero-order chi connectivity index (χ0) is 18.5. The molecule has 0 atom stereocenters. The molecular formula is C18H21N5O3. The van der Waals surface area contributed by atoms with Crippen LogP contribution < -0.4 is 5.32 Å². The van der Waals surface area contributed by atoms with Crippen molar-refractivity contribution in [1.82, 2.24) is 20.3 Å². The van der Waals surface area contributed by atoms with Gasteiger partial charge in [0.15, 0.2) is 11.6 Å². The Bertz CT molecular complexity index is 880. The first-order valence-corrected chi connectivity index (χ1v) is 8.29. The number of rotatable bonds is 7. The van der Waals surface area contributed by atoms with E-state index in [0.29, 0.717) is 36.8 Å². The molecule has 0 spiro atoms. The van der Waals surface area contributed by atoms with Gasteiger partial charge in [0.25, 0.3) is 0 Å². The first-order valence-electron chi connectivity index (χ1n) is 8.29. The van der Waals surface area contributed by atoms with Crippen LogP contribution in [0, 0.1) is 13.8 Å². The number of amides is 1. The van der Waals surface area contributed by atoms with Crippen molar-refractivity contribution in [1.29, 1.82) is 0 Å². The van der Waals surface area contributed by atoms with Crippen LogP contribution in [-0.2, 0) is 22.6 Å². The molecule has 2 heterocycles. The lowest BCUT2D eigenvalue weighted by atomic mass is 10.1. The number of nitrogens with zero attached hydrogens (tertiary/aromatic N) is 3. The van der Waals surface area contributed by atoms with Gasteiger partial charge in [-0.3, -0.25) is 9.89 Å². The Kier molecular flexibility index (Phi) is 5.43. The number of aryl methyl sites for hydroxylation is 2. The second-order valence-corrected chi connectivity index (χ2v) is 5.97. The number of carbonyl (C=O) groups is 1. The largest absolute Gasteiger partial charge is 0.377 e. The van der Waals surface area contributed by atoms with Crippen LogP contribution in [-0.4, -0.2) is 33.4 Å². The van der Waals surface area contributed by atoms with Crippen molar-refractivity contribution in [3.05, 3.63) is 47.1 Å². The van der Waals surface area contributed by atoms with Gasteiger partial charge in [-0.25, -0.2) is 4.98 Å². The molecule has 0 saturated heterocycles. The van der Waals surface area contributed by atoms with Crippen molar-refractivity contribution >= 4 is 11.6 Å². The number of aromatic nitrogens is 4. The van der Waals surface area contributed by atoms with Crippen LogP contribution in [0.25, 0.3) is 11.4 Å². The number of hydrogen-bond donors (Lipinski definition) is 2. The Hall–Kier alpha value is -3.00. The molecule has 0 bridgehead atoms. The minimum atomic E-state index is -0.0720. The lowest BCUT2D eigenvalue weighted by molar-refractivity contribution is -0.116. The fraction of sp³-hybridized carbons (Fsp3) is 0.333. The molecule has 136 valence electrons. The molecule has 2 N–H and O–H groups in total. The summed E-state index contributed by atoms with van der Waals surface area (Å²) in [5.74, 6) is 1.89. The molecule has 8 nitrogen and oxygen atoms in total. The molecule has 1 aromatic carbocycles. The van der Waals surface area contributed by atoms with Crippen LogP contribution >= 0.6 is 0 Å². The van der Waals surface area contributed by atoms with Gasteiger partial charge in [0, 0.05) is 30.3 Å². The fourth-order valence-corrected chi connectivity index (χ4v) is 2.68. The molecule has 8 heteroatoms. The number of methoxy groups -OCH3 is 1. The Morgan fingerprint density at radius 3 is 2.92 bits per heavy atom. The highest BCUT2D eigenvalue weighted by Crippen LogP contribution is 2.20. The van der Waals surface area contributed by atoms with E-state index in [0.717, 1.165) is 22.6 Å². The summed E-state index contributed by atoms with van der Waals surface area (Å²) in [7, 11) is 1.60. The number of aromatic amines is 1. The van der Waals surface area contributed by atoms with Crippen molar-refractivity contribution in [2.75, 3.05) is 12.4 Å². The lowest BCUT2D eigenvalue weighted by Crippen LogP contribution is -2.12. The van der Waals surface area contributed by atoms with Crippen LogP contribution in [0.1, 0.15) is 29.3 Å². The third-order valence-electron chi connectivity index (χ3n) is 4.00. The van der Waals surface area contributed by atoms with E-state index in [2.05, 4.69) is 25.7 Å². The van der Waals surface area contributed by atoms with Gasteiger partial charge in [-0.15, -0.1) is 0 Å². The molecule has 0 aliphatic carbocycles. The summed E-state index contributed by atoms with van der Waals surface area (Å²) in [5.41, 5.74) is 3.32. The molecular weight excluding hydrogens is 334 g/mol. The van der Waals surface area contributed by atoms with Crippen molar-refractivity contribution in [2.24, 2.45) is 0 Å². The summed E-state index contributed by atoms with van der Waals surface area (Å²) in [4.78, 5) is 16.6. The Labute approximate surface area is 151 Å². The van der Waals surface area contributed by atoms with E-state index in [1.54, 1.807) is 7.11 Å². The molecule has 0 radical (unpaired) electrons. The summed E-state index contributed by atoms with van der Waals surface area (Å²) < 4.78 is 10.1. The molecule has 3 aromatic rings. The quantitative estimate of drug-likeness (QED) is 0.675. The fourth-order valence-electron chi connectivity index (χ4n) is 2.68. The van der Waals surface area contributed by atoms with Crippen LogP contribution in [0.4, 0.5) is 5.69 Å². The molecule has 0 unspecified atom stereocenters. The van der Waals surface area contributed by atoms with Crippen molar-refractivity contribution < 1.29 is 14.1 Å². The van der Waals surface area contributed by atoms with Gasteiger partial charge in [0.05, 0.1) is 5.69 Å². The van der Waals surface area contributed by atoms with Gasteiger partial charge in [-0.05, 0) is 32.4 Å². The summed E-state index contributed by atoms with van der Waals surface area (Å²) >= 11 is 0. The number of ether oxygens (including phenoxy) is 1. The van der Waals surface area contributed by atoms with E-state index in [1.165, 1.54) is 0 Å². The predicted molar refractivity (Wildman–Crippen MR) is 95.5 cm³/mol. The summed E-state index contributed by atoms with van der Waals surface area (Å²) in [6.07, 6.45) is 0.944. The number of anilines is 1. The average molecular weight is 355 g/mol. The third-order valence-corrected chi connectivity index (χ3v) is 4.00. The normalized spacial score (nSPS) is 10.9. The minimum Gasteiger partial charge on any atom is -0.377 e. The predicted octanol–water partition coefficient (Wildman–Crippen LogP) is 2.79. The SMILES string of the molecule is COCc1nc(-c2cccc(NC(=O)CCc3c(C)noc3C)c2)n[nH]1. The topological polar surface area (TPSA) is 106 Å². The van der Waals surface area contributed by atoms with Gasteiger partial charge in [0.2, 0.25) is 5.91 Å². The molecule has 3 rings (SSSR count). The van der Waals surface area contributed by atoms with E-state index < -0.39 is 0 Å². The summed E-state index contributed by atoms with van der Waals surface area (Å²) in [6.45, 7) is 4.10. The van der Waals surface area contributed by atoms with E-state index in [-0.39, 0.29) is 5.91 Å². The molecule has 0 aliphatic rings. The number of carbonyl (C=O) groups excluding carboxylic acids is 1. The monoisotopic (exact) mass is 355 g/mol. The Morgan fingerprint density at radius 1 is 1.35 bits per heavy atom. The van der Waals surface area contributed by atoms with Crippen molar-refractivity contribution in [3.8, 4) is 11.4 Å². The molecule has 0 fully saturated rings. The van der Waals surface area contributed by atoms with Crippen LogP contribution in [0.5, 0.6) is 0 Å². The number of H-pyrrole nitrogens is 1. The third kappa shape index (κ3) is 4.15. The first kappa shape index (κ1) is 17.8. The minimum absolute atomic E-state index is 0.0720. The highest BCUT2D eigenvalue weighted by Gasteiger charge is 2.12. The van der Waals surface area contributed by atoms with E-state index in [4.69, 9.17) is 9.26 Å². The molecule has 0 aliphatic heterocycles. The zero-order valence-electron chi connectivity index (χ0n) is 15.0. The Balaban J connectivity index is 1.63. The standard InChI is InChI=1S/C18H21N5O3/c1-11-15(12(2)26-23-11)7-8-17(24)19-14-6-4-5-13(9-14)18-20-16(10-25-3)21-22-18/h4-6,9H,7-8,10H2,1-3H3,(H,19,24)(H,20,21,22). The van der Waals surface area contributed by atoms with Crippen LogP contribution in [0.3, 0.4) is 0 Å². The average Bonchev–Trinajstić information content (AvgIpc) is 3.21. The maximum atomic E-state index is 12.3. The van der Waals surface area contributed by atoms with E-state index in [9.17, 15) is 4.79 Å². The summed E-state index contributed by atoms with van der Waals surface area (Å²) in [6, 6.07) is 7.42. The lowest BCUT2D eigenvalue weighted by Gasteiger charge is -2.06. The van der Waals surface area contributed by atoms with Crippen LogP contribution in [0.15, 0.2) is 28.8 Å². The maximum Gasteiger partial charge on any atom is 0.224 e. The first-order chi connectivity index (χ1) is 12.6. The number of benzene rings is 1. The number of nitrogens with one attached hydrogen (secondary N) is 2. The van der Waals surface area contributed by atoms with Crippen LogP contribution in [0.2, 0.25) is 0 Å². The van der Waals surface area contributed by atoms with Gasteiger partial charge in [0.1, 0.15) is 12.4 Å².